The van der Waals surface area contributed by atoms with Gasteiger partial charge >= 0.3 is 0 Å². The maximum atomic E-state index is 10.7. The predicted octanol–water partition coefficient (Wildman–Crippen LogP) is 5.04. The summed E-state index contributed by atoms with van der Waals surface area (Å²) < 4.78 is 5.51. The first-order valence-electron chi connectivity index (χ1n) is 12.7. The molecule has 2 fully saturated rings. The van der Waals surface area contributed by atoms with Gasteiger partial charge in [-0.15, -0.1) is 10.2 Å². The molecule has 2 saturated heterocycles. The Kier molecular flexibility index (Phi) is 6.18. The molecule has 0 amide bonds. The van der Waals surface area contributed by atoms with Crippen LogP contribution in [0.1, 0.15) is 64.9 Å². The second-order valence-corrected chi connectivity index (χ2v) is 11.5. The third kappa shape index (κ3) is 4.98. The van der Waals surface area contributed by atoms with Crippen LogP contribution in [0.25, 0.3) is 22.2 Å². The second-order valence-electron chi connectivity index (χ2n) is 11.5. The van der Waals surface area contributed by atoms with Crippen LogP contribution in [0.2, 0.25) is 0 Å². The van der Waals surface area contributed by atoms with Crippen LogP contribution in [0.5, 0.6) is 5.75 Å². The largest absolute Gasteiger partial charge is 0.507 e. The summed E-state index contributed by atoms with van der Waals surface area (Å²) in [6.45, 7) is 10.6. The molecule has 0 aliphatic carbocycles. The average molecular weight is 476 g/mol. The SMILES string of the molecule is CN(c1ccc(-c2c(O)ccc3cc(C4CCOCC4)cnc23)nn1)C1CC(C)(C)NC(C)(C)C1. The number of hydrogen-bond donors (Lipinski definition) is 2. The highest BCUT2D eigenvalue weighted by molar-refractivity contribution is 5.96. The highest BCUT2D eigenvalue weighted by Crippen LogP contribution is 2.37. The summed E-state index contributed by atoms with van der Waals surface area (Å²) in [6, 6.07) is 10.2. The molecule has 2 aliphatic heterocycles. The quantitative estimate of drug-likeness (QED) is 0.547. The zero-order chi connectivity index (χ0) is 24.8. The van der Waals surface area contributed by atoms with E-state index < -0.39 is 0 Å². The molecule has 2 N–H and O–H groups in total. The van der Waals surface area contributed by atoms with Crippen molar-refractivity contribution in [1.29, 1.82) is 0 Å². The number of rotatable bonds is 4. The normalized spacial score (nSPS) is 20.7. The molecular weight excluding hydrogens is 438 g/mol. The summed E-state index contributed by atoms with van der Waals surface area (Å²) >= 11 is 0. The topological polar surface area (TPSA) is 83.4 Å². The first kappa shape index (κ1) is 23.9. The number of anilines is 1. The number of pyridine rings is 1. The molecule has 0 spiro atoms. The summed E-state index contributed by atoms with van der Waals surface area (Å²) in [4.78, 5) is 7.01. The van der Waals surface area contributed by atoms with Gasteiger partial charge in [-0.3, -0.25) is 4.98 Å². The van der Waals surface area contributed by atoms with Crippen molar-refractivity contribution in [2.24, 2.45) is 0 Å². The first-order chi connectivity index (χ1) is 16.6. The lowest BCUT2D eigenvalue weighted by atomic mass is 9.79. The average Bonchev–Trinajstić information content (AvgIpc) is 2.82. The van der Waals surface area contributed by atoms with Crippen LogP contribution in [0, 0.1) is 0 Å². The smallest absolute Gasteiger partial charge is 0.151 e. The van der Waals surface area contributed by atoms with Crippen LogP contribution in [0.4, 0.5) is 5.82 Å². The molecule has 1 aromatic carbocycles. The van der Waals surface area contributed by atoms with Crippen molar-refractivity contribution >= 4 is 16.7 Å². The number of aromatic hydroxyl groups is 1. The minimum absolute atomic E-state index is 0.0535. The molecular formula is C28H37N5O2. The van der Waals surface area contributed by atoms with E-state index in [4.69, 9.17) is 9.72 Å². The standard InChI is InChI=1S/C28H37N5O2/c1-27(2)15-21(16-28(3,4)32-27)33(5)24-9-7-22(30-31-24)25-23(34)8-6-19-14-20(17-29-26(19)25)18-10-12-35-13-11-18/h6-9,14,17-18,21,32,34H,10-13,15-16H2,1-5H3. The number of fused-ring (bicyclic) bond motifs is 1. The fraction of sp³-hybridized carbons (Fsp3) is 0.536. The molecule has 0 saturated carbocycles. The van der Waals surface area contributed by atoms with Crippen LogP contribution in [0.15, 0.2) is 36.5 Å². The highest BCUT2D eigenvalue weighted by Gasteiger charge is 2.39. The number of phenols is 1. The van der Waals surface area contributed by atoms with Gasteiger partial charge in [0.1, 0.15) is 5.75 Å². The zero-order valence-electron chi connectivity index (χ0n) is 21.5. The molecule has 0 atom stereocenters. The number of piperidine rings is 1. The van der Waals surface area contributed by atoms with Crippen LogP contribution in [-0.2, 0) is 4.74 Å². The van der Waals surface area contributed by atoms with Gasteiger partial charge < -0.3 is 20.1 Å². The minimum atomic E-state index is 0.0535. The Morgan fingerprint density at radius 1 is 1.00 bits per heavy atom. The molecule has 0 radical (unpaired) electrons. The minimum Gasteiger partial charge on any atom is -0.507 e. The summed E-state index contributed by atoms with van der Waals surface area (Å²) in [6.07, 6.45) is 6.03. The van der Waals surface area contributed by atoms with E-state index >= 15 is 0 Å². The van der Waals surface area contributed by atoms with E-state index in [-0.39, 0.29) is 16.8 Å². The summed E-state index contributed by atoms with van der Waals surface area (Å²) in [7, 11) is 2.10. The Labute approximate surface area is 207 Å². The van der Waals surface area contributed by atoms with Crippen molar-refractivity contribution in [3.05, 3.63) is 42.1 Å². The lowest BCUT2D eigenvalue weighted by Crippen LogP contribution is -2.62. The summed E-state index contributed by atoms with van der Waals surface area (Å²) in [5, 5.41) is 24.6. The van der Waals surface area contributed by atoms with E-state index in [1.807, 2.05) is 24.4 Å². The van der Waals surface area contributed by atoms with E-state index in [1.165, 1.54) is 5.56 Å². The Morgan fingerprint density at radius 2 is 1.71 bits per heavy atom. The molecule has 186 valence electrons. The van der Waals surface area contributed by atoms with E-state index in [1.54, 1.807) is 6.07 Å². The maximum Gasteiger partial charge on any atom is 0.151 e. The Morgan fingerprint density at radius 3 is 2.37 bits per heavy atom. The molecule has 35 heavy (non-hydrogen) atoms. The molecule has 4 heterocycles. The third-order valence-electron chi connectivity index (χ3n) is 7.53. The molecule has 5 rings (SSSR count). The number of nitrogens with one attached hydrogen (secondary N) is 1. The maximum absolute atomic E-state index is 10.7. The van der Waals surface area contributed by atoms with Crippen molar-refractivity contribution < 1.29 is 9.84 Å². The number of aromatic nitrogens is 3. The van der Waals surface area contributed by atoms with Crippen LogP contribution in [-0.4, -0.2) is 57.7 Å². The Bertz CT molecular complexity index is 1190. The number of hydrogen-bond acceptors (Lipinski definition) is 7. The van der Waals surface area contributed by atoms with Crippen molar-refractivity contribution in [2.45, 2.75) is 76.4 Å². The fourth-order valence-corrected chi connectivity index (χ4v) is 6.09. The highest BCUT2D eigenvalue weighted by atomic mass is 16.5. The number of ether oxygens (including phenoxy) is 1. The second kappa shape index (κ2) is 9.03. The van der Waals surface area contributed by atoms with Gasteiger partial charge in [0.25, 0.3) is 0 Å². The Hall–Kier alpha value is -2.77. The lowest BCUT2D eigenvalue weighted by Gasteiger charge is -2.49. The van der Waals surface area contributed by atoms with Crippen molar-refractivity contribution in [1.82, 2.24) is 20.5 Å². The van der Waals surface area contributed by atoms with Gasteiger partial charge in [-0.25, -0.2) is 0 Å². The predicted molar refractivity (Wildman–Crippen MR) is 140 cm³/mol. The van der Waals surface area contributed by atoms with E-state index in [0.717, 1.165) is 55.6 Å². The lowest BCUT2D eigenvalue weighted by molar-refractivity contribution is 0.0853. The monoisotopic (exact) mass is 475 g/mol. The number of benzene rings is 1. The van der Waals surface area contributed by atoms with Gasteiger partial charge in [-0.05, 0) is 95.2 Å². The molecule has 7 heteroatoms. The molecule has 0 bridgehead atoms. The number of phenolic OH excluding ortho intramolecular Hbond substituents is 1. The molecule has 0 unspecified atom stereocenters. The first-order valence-corrected chi connectivity index (χ1v) is 12.7. The van der Waals surface area contributed by atoms with Crippen molar-refractivity contribution in [2.75, 3.05) is 25.2 Å². The molecule has 7 nitrogen and oxygen atoms in total. The van der Waals surface area contributed by atoms with Gasteiger partial charge in [-0.2, -0.15) is 0 Å². The number of nitrogens with zero attached hydrogens (tertiary/aromatic N) is 4. The van der Waals surface area contributed by atoms with Crippen molar-refractivity contribution in [3.63, 3.8) is 0 Å². The van der Waals surface area contributed by atoms with E-state index in [9.17, 15) is 5.11 Å². The zero-order valence-corrected chi connectivity index (χ0v) is 21.5. The Balaban J connectivity index is 1.43. The molecule has 2 aromatic heterocycles. The molecule has 2 aliphatic rings. The molecule has 3 aromatic rings. The third-order valence-corrected chi connectivity index (χ3v) is 7.53. The van der Waals surface area contributed by atoms with Crippen LogP contribution in [0.3, 0.4) is 0 Å². The van der Waals surface area contributed by atoms with Gasteiger partial charge in [0.05, 0.1) is 16.8 Å². The van der Waals surface area contributed by atoms with Gasteiger partial charge in [0.2, 0.25) is 0 Å². The summed E-state index contributed by atoms with van der Waals surface area (Å²) in [5.41, 5.74) is 3.34. The summed E-state index contributed by atoms with van der Waals surface area (Å²) in [5.74, 6) is 1.47. The van der Waals surface area contributed by atoms with E-state index in [0.29, 0.717) is 23.2 Å². The van der Waals surface area contributed by atoms with Gasteiger partial charge in [-0.1, -0.05) is 0 Å². The van der Waals surface area contributed by atoms with E-state index in [2.05, 4.69) is 61.2 Å². The van der Waals surface area contributed by atoms with Crippen LogP contribution >= 0.6 is 0 Å². The van der Waals surface area contributed by atoms with Crippen LogP contribution < -0.4 is 10.2 Å². The van der Waals surface area contributed by atoms with Gasteiger partial charge in [0, 0.05) is 49.0 Å². The van der Waals surface area contributed by atoms with Crippen molar-refractivity contribution in [3.8, 4) is 17.0 Å². The fourth-order valence-electron chi connectivity index (χ4n) is 6.09. The van der Waals surface area contributed by atoms with Gasteiger partial charge in [0.15, 0.2) is 5.82 Å².